The fourth-order valence-electron chi connectivity index (χ4n) is 4.26. The fraction of sp³-hybridized carbons (Fsp3) is 0.480. The van der Waals surface area contributed by atoms with Crippen molar-refractivity contribution >= 4 is 15.9 Å². The van der Waals surface area contributed by atoms with Gasteiger partial charge in [0.1, 0.15) is 16.7 Å². The largest absolute Gasteiger partial charge is 0.487 e. The Hall–Kier alpha value is -2.42. The number of aliphatic hydroxyl groups is 1. The number of hydrogen-bond acceptors (Lipinski definition) is 5. The van der Waals surface area contributed by atoms with Crippen molar-refractivity contribution in [3.8, 4) is 16.9 Å². The molecule has 0 saturated heterocycles. The smallest absolute Gasteiger partial charge is 0.247 e. The number of carbonyl (C=O) groups excluding carboxylic acids is 1. The van der Waals surface area contributed by atoms with Crippen molar-refractivity contribution in [3.05, 3.63) is 48.5 Å². The van der Waals surface area contributed by atoms with Crippen LogP contribution in [0.1, 0.15) is 26.7 Å². The zero-order valence-electron chi connectivity index (χ0n) is 19.3. The van der Waals surface area contributed by atoms with Crippen LogP contribution in [0.25, 0.3) is 11.1 Å². The van der Waals surface area contributed by atoms with Crippen LogP contribution in [0.15, 0.2) is 53.4 Å². The summed E-state index contributed by atoms with van der Waals surface area (Å²) in [5.74, 6) is 0.286. The van der Waals surface area contributed by atoms with Crippen LogP contribution < -0.4 is 4.74 Å². The quantitative estimate of drug-likeness (QED) is 0.699. The maximum Gasteiger partial charge on any atom is 0.247 e. The molecule has 0 radical (unpaired) electrons. The first-order valence-electron chi connectivity index (χ1n) is 11.5. The molecule has 1 fully saturated rings. The number of sulfonamides is 1. The summed E-state index contributed by atoms with van der Waals surface area (Å²) in [5.41, 5.74) is 1.80. The van der Waals surface area contributed by atoms with Gasteiger partial charge in [0.25, 0.3) is 0 Å². The summed E-state index contributed by atoms with van der Waals surface area (Å²) < 4.78 is 34.9. The third-order valence-corrected chi connectivity index (χ3v) is 8.55. The molecule has 7 nitrogen and oxygen atoms in total. The van der Waals surface area contributed by atoms with Gasteiger partial charge in [-0.15, -0.1) is 0 Å². The van der Waals surface area contributed by atoms with Gasteiger partial charge < -0.3 is 14.7 Å². The van der Waals surface area contributed by atoms with Crippen LogP contribution in [-0.2, 0) is 14.8 Å². The zero-order chi connectivity index (χ0) is 23.8. The van der Waals surface area contributed by atoms with Crippen LogP contribution in [0.5, 0.6) is 5.75 Å². The van der Waals surface area contributed by atoms with Gasteiger partial charge in [-0.05, 0) is 43.0 Å². The van der Waals surface area contributed by atoms with Gasteiger partial charge in [0.2, 0.25) is 15.9 Å². The minimum Gasteiger partial charge on any atom is -0.487 e. The zero-order valence-corrected chi connectivity index (χ0v) is 20.2. The second-order valence-electron chi connectivity index (χ2n) is 9.26. The number of aliphatic hydroxyl groups excluding tert-OH is 1. The molecule has 0 unspecified atom stereocenters. The number of ether oxygens (including phenoxy) is 1. The van der Waals surface area contributed by atoms with E-state index >= 15 is 0 Å². The molecule has 0 spiro atoms. The predicted molar refractivity (Wildman–Crippen MR) is 126 cm³/mol. The van der Waals surface area contributed by atoms with E-state index in [4.69, 9.17) is 4.74 Å². The Labute approximate surface area is 196 Å². The molecule has 4 rings (SSSR count). The van der Waals surface area contributed by atoms with E-state index < -0.39 is 22.2 Å². The van der Waals surface area contributed by atoms with Crippen molar-refractivity contribution in [2.24, 2.45) is 11.8 Å². The highest BCUT2D eigenvalue weighted by molar-refractivity contribution is 7.89. The van der Waals surface area contributed by atoms with Crippen molar-refractivity contribution in [1.82, 2.24) is 9.21 Å². The molecular formula is C25H32N2O5S. The monoisotopic (exact) mass is 472 g/mol. The Morgan fingerprint density at radius 1 is 1.18 bits per heavy atom. The lowest BCUT2D eigenvalue weighted by Crippen LogP contribution is -2.50. The van der Waals surface area contributed by atoms with Gasteiger partial charge in [-0.1, -0.05) is 43.3 Å². The van der Waals surface area contributed by atoms with Crippen molar-refractivity contribution in [2.75, 3.05) is 26.7 Å². The summed E-state index contributed by atoms with van der Waals surface area (Å²) in [4.78, 5) is 14.4. The first-order valence-corrected chi connectivity index (χ1v) is 12.9. The molecule has 0 bridgehead atoms. The van der Waals surface area contributed by atoms with Gasteiger partial charge in [0.15, 0.2) is 0 Å². The number of likely N-dealkylation sites (N-methyl/N-ethyl adjacent to an activating group) is 1. The summed E-state index contributed by atoms with van der Waals surface area (Å²) >= 11 is 0. The highest BCUT2D eigenvalue weighted by atomic mass is 32.2. The molecule has 1 aliphatic heterocycles. The van der Waals surface area contributed by atoms with Gasteiger partial charge in [0.05, 0.1) is 13.2 Å². The number of benzene rings is 2. The molecule has 2 aromatic rings. The van der Waals surface area contributed by atoms with Gasteiger partial charge in [-0.2, -0.15) is 4.31 Å². The molecule has 33 heavy (non-hydrogen) atoms. The van der Waals surface area contributed by atoms with Gasteiger partial charge >= 0.3 is 0 Å². The second-order valence-corrected chi connectivity index (χ2v) is 11.1. The first kappa shape index (κ1) is 23.7. The summed E-state index contributed by atoms with van der Waals surface area (Å²) in [6.45, 7) is 3.91. The van der Waals surface area contributed by atoms with Crippen LogP contribution in [-0.4, -0.2) is 67.5 Å². The lowest BCUT2D eigenvalue weighted by Gasteiger charge is -2.37. The minimum atomic E-state index is -3.89. The molecule has 1 saturated carbocycles. The fourth-order valence-corrected chi connectivity index (χ4v) is 6.08. The number of hydrogen-bond donors (Lipinski definition) is 1. The van der Waals surface area contributed by atoms with Crippen LogP contribution in [0.3, 0.4) is 0 Å². The van der Waals surface area contributed by atoms with Gasteiger partial charge in [-0.25, -0.2) is 8.42 Å². The summed E-state index contributed by atoms with van der Waals surface area (Å²) in [7, 11) is -2.11. The number of rotatable bonds is 6. The van der Waals surface area contributed by atoms with Crippen molar-refractivity contribution < 1.29 is 23.1 Å². The summed E-state index contributed by atoms with van der Waals surface area (Å²) in [6.07, 6.45) is 1.45. The average Bonchev–Trinajstić information content (AvgIpc) is 3.66. The normalized spacial score (nSPS) is 23.5. The Bertz CT molecular complexity index is 1100. The third kappa shape index (κ3) is 4.93. The van der Waals surface area contributed by atoms with Crippen LogP contribution >= 0.6 is 0 Å². The standard InChI is InChI=1S/C25H32N2O5S/c1-17-14-27(18(2)16-28)33(30,31)24-12-11-21(19-7-5-4-6-8-19)13-22(24)32-23(17)15-26(3)25(29)20-9-10-20/h4-8,11-13,17-18,20,23,28H,9-10,14-16H2,1-3H3/t17-,18+,23-/m0/s1. The molecule has 178 valence electrons. The highest BCUT2D eigenvalue weighted by Crippen LogP contribution is 2.37. The molecule has 8 heteroatoms. The number of amides is 1. The molecule has 1 heterocycles. The van der Waals surface area contributed by atoms with E-state index in [2.05, 4.69) is 0 Å². The van der Waals surface area contributed by atoms with E-state index in [0.717, 1.165) is 24.0 Å². The van der Waals surface area contributed by atoms with E-state index in [9.17, 15) is 18.3 Å². The van der Waals surface area contributed by atoms with Crippen molar-refractivity contribution in [1.29, 1.82) is 0 Å². The molecule has 1 amide bonds. The minimum absolute atomic E-state index is 0.0792. The lowest BCUT2D eigenvalue weighted by atomic mass is 10.0. The molecule has 2 aliphatic rings. The summed E-state index contributed by atoms with van der Waals surface area (Å²) in [5, 5.41) is 9.77. The molecule has 1 N–H and O–H groups in total. The molecule has 2 aromatic carbocycles. The van der Waals surface area contributed by atoms with Gasteiger partial charge in [0, 0.05) is 31.5 Å². The molecular weight excluding hydrogens is 440 g/mol. The number of fused-ring (bicyclic) bond motifs is 1. The van der Waals surface area contributed by atoms with E-state index in [1.807, 2.05) is 37.3 Å². The predicted octanol–water partition coefficient (Wildman–Crippen LogP) is 2.99. The Morgan fingerprint density at radius 2 is 1.88 bits per heavy atom. The Balaban J connectivity index is 1.76. The Kier molecular flexibility index (Phi) is 6.79. The van der Waals surface area contributed by atoms with E-state index in [1.54, 1.807) is 37.1 Å². The van der Waals surface area contributed by atoms with Crippen LogP contribution in [0.4, 0.5) is 0 Å². The summed E-state index contributed by atoms with van der Waals surface area (Å²) in [6, 6.07) is 14.2. The van der Waals surface area contributed by atoms with Crippen LogP contribution in [0, 0.1) is 11.8 Å². The Morgan fingerprint density at radius 3 is 2.52 bits per heavy atom. The van der Waals surface area contributed by atoms with E-state index in [-0.39, 0.29) is 41.5 Å². The van der Waals surface area contributed by atoms with E-state index in [1.165, 1.54) is 4.31 Å². The topological polar surface area (TPSA) is 87.2 Å². The van der Waals surface area contributed by atoms with Crippen molar-refractivity contribution in [2.45, 2.75) is 43.7 Å². The molecule has 0 aromatic heterocycles. The van der Waals surface area contributed by atoms with Crippen molar-refractivity contribution in [3.63, 3.8) is 0 Å². The average molecular weight is 473 g/mol. The van der Waals surface area contributed by atoms with Gasteiger partial charge in [-0.3, -0.25) is 4.79 Å². The lowest BCUT2D eigenvalue weighted by molar-refractivity contribution is -0.132. The van der Waals surface area contributed by atoms with E-state index in [0.29, 0.717) is 6.54 Å². The molecule has 3 atom stereocenters. The maximum absolute atomic E-state index is 13.6. The first-order chi connectivity index (χ1) is 15.7. The third-order valence-electron chi connectivity index (χ3n) is 6.53. The highest BCUT2D eigenvalue weighted by Gasteiger charge is 2.39. The maximum atomic E-state index is 13.6. The van der Waals surface area contributed by atoms with Crippen LogP contribution in [0.2, 0.25) is 0 Å². The number of nitrogens with zero attached hydrogens (tertiary/aromatic N) is 2. The number of carbonyl (C=O) groups is 1. The SMILES string of the molecule is C[C@H](CO)N1C[C@H](C)[C@H](CN(C)C(=O)C2CC2)Oc2cc(-c3ccccc3)ccc2S1(=O)=O. The molecule has 1 aliphatic carbocycles. The second kappa shape index (κ2) is 9.44.